The molecule has 3 aromatic carbocycles. The zero-order valence-electron chi connectivity index (χ0n) is 18.3. The number of fused-ring (bicyclic) bond motifs is 1. The van der Waals surface area contributed by atoms with E-state index in [0.29, 0.717) is 23.0 Å². The molecule has 4 aromatic rings. The van der Waals surface area contributed by atoms with E-state index in [2.05, 4.69) is 27.3 Å². The number of thiazole rings is 1. The number of carbonyl (C=O) groups excluding carboxylic acids is 1. The first-order chi connectivity index (χ1) is 16.1. The van der Waals surface area contributed by atoms with Gasteiger partial charge in [-0.15, -0.1) is 0 Å². The maximum absolute atomic E-state index is 12.9. The number of benzene rings is 3. The number of aliphatic hydroxyl groups is 1. The summed E-state index contributed by atoms with van der Waals surface area (Å²) < 4.78 is 6.48. The molecule has 0 bridgehead atoms. The van der Waals surface area contributed by atoms with E-state index in [0.717, 1.165) is 46.4 Å². The van der Waals surface area contributed by atoms with Gasteiger partial charge in [-0.25, -0.2) is 4.98 Å². The smallest absolute Gasteiger partial charge is 0.257 e. The van der Waals surface area contributed by atoms with Gasteiger partial charge in [0, 0.05) is 30.8 Å². The van der Waals surface area contributed by atoms with Crippen molar-refractivity contribution in [1.29, 1.82) is 0 Å². The highest BCUT2D eigenvalue weighted by molar-refractivity contribution is 7.23. The average molecular weight is 460 g/mol. The second-order valence-corrected chi connectivity index (χ2v) is 9.21. The average Bonchev–Trinajstić information content (AvgIpc) is 3.45. The van der Waals surface area contributed by atoms with Gasteiger partial charge in [0.15, 0.2) is 5.13 Å². The van der Waals surface area contributed by atoms with Crippen LogP contribution >= 0.6 is 11.3 Å². The molecule has 0 saturated carbocycles. The number of aliphatic hydroxyl groups excluding tert-OH is 1. The van der Waals surface area contributed by atoms with E-state index in [9.17, 15) is 9.90 Å². The van der Waals surface area contributed by atoms with Crippen LogP contribution in [0.1, 0.15) is 22.3 Å². The number of rotatable bonds is 6. The van der Waals surface area contributed by atoms with Crippen molar-refractivity contribution in [3.8, 4) is 16.9 Å². The first kappa shape index (κ1) is 21.6. The van der Waals surface area contributed by atoms with Gasteiger partial charge in [-0.1, -0.05) is 53.8 Å². The number of likely N-dealkylation sites (tertiary alicyclic amines) is 1. The predicted molar refractivity (Wildman–Crippen MR) is 132 cm³/mol. The molecule has 33 heavy (non-hydrogen) atoms. The molecule has 5 rings (SSSR count). The second-order valence-electron chi connectivity index (χ2n) is 8.21. The molecule has 0 aliphatic carbocycles. The van der Waals surface area contributed by atoms with E-state index in [1.807, 2.05) is 54.6 Å². The third-order valence-electron chi connectivity index (χ3n) is 5.90. The van der Waals surface area contributed by atoms with Crippen LogP contribution in [0.25, 0.3) is 21.3 Å². The fourth-order valence-electron chi connectivity index (χ4n) is 4.19. The van der Waals surface area contributed by atoms with E-state index in [4.69, 9.17) is 4.74 Å². The van der Waals surface area contributed by atoms with Gasteiger partial charge >= 0.3 is 0 Å². The van der Waals surface area contributed by atoms with Gasteiger partial charge in [0.25, 0.3) is 5.91 Å². The van der Waals surface area contributed by atoms with Gasteiger partial charge in [0.05, 0.1) is 17.9 Å². The summed E-state index contributed by atoms with van der Waals surface area (Å²) in [6, 6.07) is 21.7. The van der Waals surface area contributed by atoms with Crippen molar-refractivity contribution in [2.75, 3.05) is 25.5 Å². The van der Waals surface area contributed by atoms with Crippen molar-refractivity contribution in [2.45, 2.75) is 19.1 Å². The molecule has 7 heteroatoms. The van der Waals surface area contributed by atoms with Crippen LogP contribution in [-0.4, -0.2) is 47.2 Å². The van der Waals surface area contributed by atoms with Gasteiger partial charge in [-0.05, 0) is 41.8 Å². The quantitative estimate of drug-likeness (QED) is 0.434. The topological polar surface area (TPSA) is 74.7 Å². The fraction of sp³-hybridized carbons (Fsp3) is 0.231. The molecule has 2 N–H and O–H groups in total. The largest absolute Gasteiger partial charge is 0.494 e. The van der Waals surface area contributed by atoms with Gasteiger partial charge in [-0.2, -0.15) is 0 Å². The summed E-state index contributed by atoms with van der Waals surface area (Å²) in [5.74, 6) is 0.482. The molecule has 1 aliphatic rings. The lowest BCUT2D eigenvalue weighted by Crippen LogP contribution is -2.21. The van der Waals surface area contributed by atoms with Gasteiger partial charge in [0.1, 0.15) is 11.3 Å². The lowest BCUT2D eigenvalue weighted by Gasteiger charge is -2.14. The Morgan fingerprint density at radius 1 is 1.15 bits per heavy atom. The molecule has 6 nitrogen and oxygen atoms in total. The molecule has 1 fully saturated rings. The van der Waals surface area contributed by atoms with Crippen LogP contribution in [0, 0.1) is 0 Å². The molecule has 1 aliphatic heterocycles. The Morgan fingerprint density at radius 3 is 2.64 bits per heavy atom. The number of hydrogen-bond acceptors (Lipinski definition) is 6. The minimum atomic E-state index is -0.232. The van der Waals surface area contributed by atoms with Crippen molar-refractivity contribution in [3.05, 3.63) is 77.9 Å². The summed E-state index contributed by atoms with van der Waals surface area (Å²) in [6.45, 7) is 2.38. The summed E-state index contributed by atoms with van der Waals surface area (Å²) in [5, 5.41) is 13.2. The fourth-order valence-corrected chi connectivity index (χ4v) is 5.20. The molecule has 1 atom stereocenters. The number of methoxy groups -OCH3 is 1. The maximum atomic E-state index is 12.9. The Balaban J connectivity index is 1.36. The molecule has 2 heterocycles. The normalized spacial score (nSPS) is 16.2. The number of carbonyl (C=O) groups is 1. The van der Waals surface area contributed by atoms with Gasteiger partial charge < -0.3 is 9.84 Å². The van der Waals surface area contributed by atoms with Crippen LogP contribution < -0.4 is 10.1 Å². The molecule has 0 radical (unpaired) electrons. The molecular weight excluding hydrogens is 434 g/mol. The number of ether oxygens (including phenoxy) is 1. The molecule has 1 aromatic heterocycles. The van der Waals surface area contributed by atoms with E-state index in [-0.39, 0.29) is 12.0 Å². The van der Waals surface area contributed by atoms with Gasteiger partial charge in [0.2, 0.25) is 0 Å². The van der Waals surface area contributed by atoms with Crippen LogP contribution in [0.4, 0.5) is 5.13 Å². The Labute approximate surface area is 196 Å². The maximum Gasteiger partial charge on any atom is 0.257 e. The Kier molecular flexibility index (Phi) is 6.09. The highest BCUT2D eigenvalue weighted by atomic mass is 32.1. The first-order valence-electron chi connectivity index (χ1n) is 10.9. The first-order valence-corrected chi connectivity index (χ1v) is 11.8. The minimum absolute atomic E-state index is 0.197. The second kappa shape index (κ2) is 9.31. The number of amides is 1. The Bertz CT molecular complexity index is 1270. The monoisotopic (exact) mass is 459 g/mol. The zero-order valence-corrected chi connectivity index (χ0v) is 19.1. The van der Waals surface area contributed by atoms with Crippen molar-refractivity contribution in [3.63, 3.8) is 0 Å². The number of nitrogens with zero attached hydrogens (tertiary/aromatic N) is 2. The number of anilines is 1. The highest BCUT2D eigenvalue weighted by Gasteiger charge is 2.20. The molecule has 168 valence electrons. The Hall–Kier alpha value is -3.26. The lowest BCUT2D eigenvalue weighted by atomic mass is 10.1. The number of hydrogen-bond donors (Lipinski definition) is 2. The summed E-state index contributed by atoms with van der Waals surface area (Å²) in [5.41, 5.74) is 4.59. The minimum Gasteiger partial charge on any atom is -0.494 e. The summed E-state index contributed by atoms with van der Waals surface area (Å²) >= 11 is 1.44. The van der Waals surface area contributed by atoms with Crippen LogP contribution in [0.2, 0.25) is 0 Å². The zero-order chi connectivity index (χ0) is 22.8. The van der Waals surface area contributed by atoms with Crippen molar-refractivity contribution >= 4 is 32.6 Å². The Morgan fingerprint density at radius 2 is 1.94 bits per heavy atom. The summed E-state index contributed by atoms with van der Waals surface area (Å²) in [4.78, 5) is 19.8. The van der Waals surface area contributed by atoms with Crippen LogP contribution in [0.15, 0.2) is 66.7 Å². The third-order valence-corrected chi connectivity index (χ3v) is 6.91. The number of aromatic nitrogens is 1. The van der Waals surface area contributed by atoms with E-state index in [1.54, 1.807) is 7.11 Å². The lowest BCUT2D eigenvalue weighted by molar-refractivity contribution is 0.102. The molecule has 1 amide bonds. The van der Waals surface area contributed by atoms with E-state index in [1.165, 1.54) is 11.3 Å². The summed E-state index contributed by atoms with van der Waals surface area (Å²) in [7, 11) is 1.62. The van der Waals surface area contributed by atoms with Crippen LogP contribution in [0.5, 0.6) is 5.75 Å². The standard InChI is InChI=1S/C26H25N3O3S/c1-32-22-12-11-21(18-5-3-2-4-6-18)24-23(22)27-26(33-24)28-25(31)19-9-7-17(8-10-19)15-29-14-13-20(30)16-29/h2-12,20,30H,13-16H2,1H3,(H,27,28,31)/t20-/m0/s1. The molecule has 1 saturated heterocycles. The molecule has 0 unspecified atom stereocenters. The third kappa shape index (κ3) is 4.61. The molecular formula is C26H25N3O3S. The van der Waals surface area contributed by atoms with Crippen molar-refractivity contribution < 1.29 is 14.6 Å². The SMILES string of the molecule is COc1ccc(-c2ccccc2)c2sc(NC(=O)c3ccc(CN4CC[C@H](O)C4)cc3)nc12. The number of β-amino-alcohol motifs (C(OH)–C–C–N with tert-alkyl or cyclic N) is 1. The predicted octanol–water partition coefficient (Wildman–Crippen LogP) is 4.79. The summed E-state index contributed by atoms with van der Waals surface area (Å²) in [6.07, 6.45) is 0.587. The highest BCUT2D eigenvalue weighted by Crippen LogP contribution is 2.39. The van der Waals surface area contributed by atoms with Crippen molar-refractivity contribution in [1.82, 2.24) is 9.88 Å². The van der Waals surface area contributed by atoms with E-state index < -0.39 is 0 Å². The van der Waals surface area contributed by atoms with E-state index >= 15 is 0 Å². The van der Waals surface area contributed by atoms with Gasteiger partial charge in [-0.3, -0.25) is 15.0 Å². The van der Waals surface area contributed by atoms with Crippen LogP contribution in [-0.2, 0) is 6.54 Å². The van der Waals surface area contributed by atoms with Crippen LogP contribution in [0.3, 0.4) is 0 Å². The number of nitrogens with one attached hydrogen (secondary N) is 1. The van der Waals surface area contributed by atoms with Crippen molar-refractivity contribution in [2.24, 2.45) is 0 Å². The molecule has 0 spiro atoms.